The molecule has 0 spiro atoms. The molecule has 2 rings (SSSR count). The van der Waals surface area contributed by atoms with Crippen LogP contribution in [0.25, 0.3) is 0 Å². The van der Waals surface area contributed by atoms with Crippen LogP contribution in [0.3, 0.4) is 0 Å². The SMILES string of the molecule is O=C(NCCN1C(=O)CCCC1=O)c1cccc(C(F)F)c1F. The van der Waals surface area contributed by atoms with E-state index in [-0.39, 0.29) is 37.7 Å². The number of halogens is 3. The highest BCUT2D eigenvalue weighted by atomic mass is 19.3. The number of piperidine rings is 1. The van der Waals surface area contributed by atoms with Crippen molar-refractivity contribution >= 4 is 17.7 Å². The molecule has 0 bridgehead atoms. The summed E-state index contributed by atoms with van der Waals surface area (Å²) in [7, 11) is 0. The van der Waals surface area contributed by atoms with Gasteiger partial charge >= 0.3 is 0 Å². The van der Waals surface area contributed by atoms with Gasteiger partial charge in [-0.15, -0.1) is 0 Å². The first-order valence-corrected chi connectivity index (χ1v) is 7.09. The molecular formula is C15H15F3N2O3. The van der Waals surface area contributed by atoms with E-state index < -0.39 is 29.3 Å². The zero-order valence-corrected chi connectivity index (χ0v) is 12.2. The number of likely N-dealkylation sites (tertiary alicyclic amines) is 1. The van der Waals surface area contributed by atoms with E-state index in [1.54, 1.807) is 0 Å². The molecule has 1 aromatic carbocycles. The Balaban J connectivity index is 1.96. The summed E-state index contributed by atoms with van der Waals surface area (Å²) < 4.78 is 39.0. The molecule has 3 amide bonds. The van der Waals surface area contributed by atoms with Crippen LogP contribution in [0, 0.1) is 5.82 Å². The number of nitrogens with one attached hydrogen (secondary N) is 1. The van der Waals surface area contributed by atoms with Crippen LogP contribution in [-0.2, 0) is 9.59 Å². The summed E-state index contributed by atoms with van der Waals surface area (Å²) in [6.45, 7) is -0.103. The third-order valence-electron chi connectivity index (χ3n) is 3.51. The number of imide groups is 1. The summed E-state index contributed by atoms with van der Waals surface area (Å²) in [5, 5.41) is 2.32. The van der Waals surface area contributed by atoms with Crippen LogP contribution in [-0.4, -0.2) is 35.7 Å². The lowest BCUT2D eigenvalue weighted by atomic mass is 10.1. The van der Waals surface area contributed by atoms with Gasteiger partial charge in [0.15, 0.2) is 0 Å². The molecule has 0 unspecified atom stereocenters. The highest BCUT2D eigenvalue weighted by molar-refractivity contribution is 5.98. The van der Waals surface area contributed by atoms with Gasteiger partial charge in [-0.25, -0.2) is 13.2 Å². The summed E-state index contributed by atoms with van der Waals surface area (Å²) in [4.78, 5) is 36.0. The molecule has 0 saturated carbocycles. The second-order valence-electron chi connectivity index (χ2n) is 5.06. The highest BCUT2D eigenvalue weighted by Gasteiger charge is 2.25. The van der Waals surface area contributed by atoms with Crippen LogP contribution in [0.5, 0.6) is 0 Å². The van der Waals surface area contributed by atoms with Gasteiger partial charge in [-0.1, -0.05) is 12.1 Å². The third-order valence-corrected chi connectivity index (χ3v) is 3.51. The van der Waals surface area contributed by atoms with E-state index in [1.807, 2.05) is 0 Å². The Morgan fingerprint density at radius 1 is 1.22 bits per heavy atom. The topological polar surface area (TPSA) is 66.5 Å². The molecule has 0 aromatic heterocycles. The fourth-order valence-electron chi connectivity index (χ4n) is 2.32. The van der Waals surface area contributed by atoms with E-state index in [0.717, 1.165) is 23.1 Å². The number of carbonyl (C=O) groups excluding carboxylic acids is 3. The maximum absolute atomic E-state index is 13.8. The van der Waals surface area contributed by atoms with Crippen molar-refractivity contribution in [3.63, 3.8) is 0 Å². The number of carbonyl (C=O) groups is 3. The second kappa shape index (κ2) is 7.26. The van der Waals surface area contributed by atoms with Gasteiger partial charge < -0.3 is 5.32 Å². The van der Waals surface area contributed by atoms with Gasteiger partial charge in [-0.05, 0) is 12.5 Å². The fourth-order valence-corrected chi connectivity index (χ4v) is 2.32. The molecule has 1 fully saturated rings. The molecule has 0 aliphatic carbocycles. The Hall–Kier alpha value is -2.38. The summed E-state index contributed by atoms with van der Waals surface area (Å²) in [6, 6.07) is 3.16. The maximum atomic E-state index is 13.8. The first-order valence-electron chi connectivity index (χ1n) is 7.09. The normalized spacial score (nSPS) is 15.2. The number of hydrogen-bond donors (Lipinski definition) is 1. The monoisotopic (exact) mass is 328 g/mol. The predicted octanol–water partition coefficient (Wildman–Crippen LogP) is 2.03. The number of benzene rings is 1. The minimum Gasteiger partial charge on any atom is -0.350 e. The molecule has 23 heavy (non-hydrogen) atoms. The van der Waals surface area contributed by atoms with Crippen LogP contribution in [0.1, 0.15) is 41.6 Å². The van der Waals surface area contributed by atoms with Crippen LogP contribution in [0.2, 0.25) is 0 Å². The van der Waals surface area contributed by atoms with Gasteiger partial charge in [0, 0.05) is 25.9 Å². The van der Waals surface area contributed by atoms with Gasteiger partial charge in [-0.2, -0.15) is 0 Å². The predicted molar refractivity (Wildman–Crippen MR) is 74.3 cm³/mol. The molecule has 1 aliphatic heterocycles. The number of rotatable bonds is 5. The smallest absolute Gasteiger partial charge is 0.266 e. The van der Waals surface area contributed by atoms with Crippen molar-refractivity contribution in [2.75, 3.05) is 13.1 Å². The van der Waals surface area contributed by atoms with Crippen molar-refractivity contribution in [2.45, 2.75) is 25.7 Å². The van der Waals surface area contributed by atoms with Crippen molar-refractivity contribution in [2.24, 2.45) is 0 Å². The van der Waals surface area contributed by atoms with Crippen molar-refractivity contribution in [3.8, 4) is 0 Å². The number of hydrogen-bond acceptors (Lipinski definition) is 3. The van der Waals surface area contributed by atoms with Gasteiger partial charge in [0.05, 0.1) is 11.1 Å². The molecule has 124 valence electrons. The van der Waals surface area contributed by atoms with Crippen molar-refractivity contribution < 1.29 is 27.6 Å². The van der Waals surface area contributed by atoms with E-state index >= 15 is 0 Å². The van der Waals surface area contributed by atoms with Crippen LogP contribution in [0.15, 0.2) is 18.2 Å². The minimum absolute atomic E-state index is 0.0282. The molecule has 1 aliphatic rings. The Morgan fingerprint density at radius 2 is 1.87 bits per heavy atom. The molecule has 0 radical (unpaired) electrons. The number of amides is 3. The van der Waals surface area contributed by atoms with Gasteiger partial charge in [0.2, 0.25) is 11.8 Å². The minimum atomic E-state index is -3.02. The maximum Gasteiger partial charge on any atom is 0.266 e. The molecule has 1 aromatic rings. The summed E-state index contributed by atoms with van der Waals surface area (Å²) in [5.74, 6) is -2.78. The standard InChI is InChI=1S/C15H15F3N2O3/c16-13-9(14(17)18)3-1-4-10(13)15(23)19-7-8-20-11(21)5-2-6-12(20)22/h1,3-4,14H,2,5-8H2,(H,19,23). The molecule has 1 saturated heterocycles. The Bertz CT molecular complexity index is 618. The Labute approximate surface area is 130 Å². The number of alkyl halides is 2. The van der Waals surface area contributed by atoms with E-state index in [9.17, 15) is 27.6 Å². The summed E-state index contributed by atoms with van der Waals surface area (Å²) in [5.41, 5.74) is -1.35. The van der Waals surface area contributed by atoms with E-state index in [0.29, 0.717) is 6.42 Å². The molecular weight excluding hydrogens is 313 g/mol. The highest BCUT2D eigenvalue weighted by Crippen LogP contribution is 2.23. The van der Waals surface area contributed by atoms with E-state index in [1.165, 1.54) is 0 Å². The Kier molecular flexibility index (Phi) is 5.36. The number of nitrogens with zero attached hydrogens (tertiary/aromatic N) is 1. The fraction of sp³-hybridized carbons (Fsp3) is 0.400. The first-order chi connectivity index (χ1) is 10.9. The van der Waals surface area contributed by atoms with Gasteiger partial charge in [0.1, 0.15) is 5.82 Å². The zero-order valence-electron chi connectivity index (χ0n) is 12.2. The van der Waals surface area contributed by atoms with Crippen molar-refractivity contribution in [1.29, 1.82) is 0 Å². The van der Waals surface area contributed by atoms with Gasteiger partial charge in [-0.3, -0.25) is 19.3 Å². The summed E-state index contributed by atoms with van der Waals surface area (Å²) >= 11 is 0. The lowest BCUT2D eigenvalue weighted by Gasteiger charge is -2.24. The zero-order chi connectivity index (χ0) is 17.0. The van der Waals surface area contributed by atoms with Crippen LogP contribution < -0.4 is 5.32 Å². The average Bonchev–Trinajstić information content (AvgIpc) is 2.50. The third kappa shape index (κ3) is 3.88. The lowest BCUT2D eigenvalue weighted by molar-refractivity contribution is -0.147. The van der Waals surface area contributed by atoms with Crippen molar-refractivity contribution in [1.82, 2.24) is 10.2 Å². The molecule has 5 nitrogen and oxygen atoms in total. The van der Waals surface area contributed by atoms with Crippen LogP contribution in [0.4, 0.5) is 13.2 Å². The van der Waals surface area contributed by atoms with Gasteiger partial charge in [0.25, 0.3) is 12.3 Å². The Morgan fingerprint density at radius 3 is 2.48 bits per heavy atom. The quantitative estimate of drug-likeness (QED) is 0.841. The second-order valence-corrected chi connectivity index (χ2v) is 5.06. The molecule has 1 heterocycles. The lowest BCUT2D eigenvalue weighted by Crippen LogP contribution is -2.44. The molecule has 1 N–H and O–H groups in total. The molecule has 0 atom stereocenters. The largest absolute Gasteiger partial charge is 0.350 e. The summed E-state index contributed by atoms with van der Waals surface area (Å²) in [6.07, 6.45) is -1.98. The first kappa shape index (κ1) is 17.0. The van der Waals surface area contributed by atoms with Crippen LogP contribution >= 0.6 is 0 Å². The average molecular weight is 328 g/mol. The van der Waals surface area contributed by atoms with Crippen molar-refractivity contribution in [3.05, 3.63) is 35.1 Å². The van der Waals surface area contributed by atoms with E-state index in [4.69, 9.17) is 0 Å². The molecule has 8 heteroatoms. The van der Waals surface area contributed by atoms with E-state index in [2.05, 4.69) is 5.32 Å².